The van der Waals surface area contributed by atoms with Crippen LogP contribution < -0.4 is 11.5 Å². The summed E-state index contributed by atoms with van der Waals surface area (Å²) in [5.74, 6) is 0. The summed E-state index contributed by atoms with van der Waals surface area (Å²) < 4.78 is 0. The summed E-state index contributed by atoms with van der Waals surface area (Å²) in [7, 11) is 0. The molecule has 0 aromatic heterocycles. The van der Waals surface area contributed by atoms with Gasteiger partial charge in [0.1, 0.15) is 0 Å². The van der Waals surface area contributed by atoms with Gasteiger partial charge in [0.25, 0.3) is 5.24 Å². The van der Waals surface area contributed by atoms with Crippen molar-refractivity contribution in [2.24, 2.45) is 11.5 Å². The standard InChI is InChI=1S/C8H16N2OS/c9-7(11)12-8(10)5-3-1-2-4-6-8/h1-6,10H2,(H2,9,11). The second kappa shape index (κ2) is 4.14. The summed E-state index contributed by atoms with van der Waals surface area (Å²) in [6.07, 6.45) is 6.55. The highest BCUT2D eigenvalue weighted by Gasteiger charge is 2.28. The Morgan fingerprint density at radius 2 is 1.67 bits per heavy atom. The topological polar surface area (TPSA) is 69.1 Å². The maximum absolute atomic E-state index is 10.7. The van der Waals surface area contributed by atoms with Crippen molar-refractivity contribution < 1.29 is 4.79 Å². The molecular weight excluding hydrogens is 172 g/mol. The van der Waals surface area contributed by atoms with E-state index in [1.807, 2.05) is 0 Å². The SMILES string of the molecule is NC(=O)SC1(N)CCCCCC1. The van der Waals surface area contributed by atoms with Gasteiger partial charge in [0.05, 0.1) is 4.87 Å². The van der Waals surface area contributed by atoms with Crippen LogP contribution in [-0.4, -0.2) is 10.1 Å². The predicted molar refractivity (Wildman–Crippen MR) is 51.8 cm³/mol. The van der Waals surface area contributed by atoms with Crippen LogP contribution in [-0.2, 0) is 0 Å². The first-order valence-corrected chi connectivity index (χ1v) is 5.21. The number of rotatable bonds is 1. The van der Waals surface area contributed by atoms with Crippen molar-refractivity contribution in [3.05, 3.63) is 0 Å². The quantitative estimate of drug-likeness (QED) is 0.487. The van der Waals surface area contributed by atoms with E-state index in [4.69, 9.17) is 11.5 Å². The van der Waals surface area contributed by atoms with E-state index in [9.17, 15) is 4.79 Å². The molecule has 0 aromatic carbocycles. The van der Waals surface area contributed by atoms with E-state index >= 15 is 0 Å². The molecule has 1 aliphatic rings. The first kappa shape index (κ1) is 9.86. The van der Waals surface area contributed by atoms with Crippen LogP contribution in [0.2, 0.25) is 0 Å². The number of nitrogens with two attached hydrogens (primary N) is 2. The number of thioether (sulfide) groups is 1. The van der Waals surface area contributed by atoms with Crippen LogP contribution in [0, 0.1) is 0 Å². The summed E-state index contributed by atoms with van der Waals surface area (Å²) in [4.78, 5) is 10.3. The smallest absolute Gasteiger partial charge is 0.278 e. The summed E-state index contributed by atoms with van der Waals surface area (Å²) in [5, 5.41) is -0.348. The van der Waals surface area contributed by atoms with Crippen molar-refractivity contribution in [3.63, 3.8) is 0 Å². The summed E-state index contributed by atoms with van der Waals surface area (Å²) in [6, 6.07) is 0. The maximum Gasteiger partial charge on any atom is 0.278 e. The molecule has 0 aliphatic heterocycles. The largest absolute Gasteiger partial charge is 0.360 e. The second-order valence-electron chi connectivity index (χ2n) is 3.40. The third kappa shape index (κ3) is 3.03. The van der Waals surface area contributed by atoms with E-state index in [0.29, 0.717) is 0 Å². The fraction of sp³-hybridized carbons (Fsp3) is 0.875. The molecule has 0 aromatic rings. The zero-order valence-corrected chi connectivity index (χ0v) is 8.03. The van der Waals surface area contributed by atoms with Crippen LogP contribution in [0.5, 0.6) is 0 Å². The zero-order chi connectivity index (χ0) is 9.03. The third-order valence-corrected chi connectivity index (χ3v) is 3.27. The lowest BCUT2D eigenvalue weighted by molar-refractivity contribution is 0.267. The van der Waals surface area contributed by atoms with E-state index in [1.165, 1.54) is 12.8 Å². The Bertz CT molecular complexity index is 164. The second-order valence-corrected chi connectivity index (χ2v) is 4.82. The number of hydrogen-bond acceptors (Lipinski definition) is 3. The minimum atomic E-state index is -0.373. The Balaban J connectivity index is 2.48. The minimum absolute atomic E-state index is 0.348. The van der Waals surface area contributed by atoms with Gasteiger partial charge in [-0.2, -0.15) is 0 Å². The molecular formula is C8H16N2OS. The Morgan fingerprint density at radius 3 is 2.08 bits per heavy atom. The lowest BCUT2D eigenvalue weighted by Gasteiger charge is -2.24. The molecule has 1 aliphatic carbocycles. The Hall–Kier alpha value is -0.220. The van der Waals surface area contributed by atoms with Gasteiger partial charge in [0, 0.05) is 0 Å². The molecule has 0 unspecified atom stereocenters. The molecule has 12 heavy (non-hydrogen) atoms. The normalized spacial score (nSPS) is 23.1. The Labute approximate surface area is 77.3 Å². The summed E-state index contributed by atoms with van der Waals surface area (Å²) >= 11 is 1.11. The molecule has 0 radical (unpaired) electrons. The van der Waals surface area contributed by atoms with Gasteiger partial charge in [0.15, 0.2) is 0 Å². The third-order valence-electron chi connectivity index (χ3n) is 2.25. The van der Waals surface area contributed by atoms with E-state index in [-0.39, 0.29) is 10.1 Å². The van der Waals surface area contributed by atoms with Gasteiger partial charge >= 0.3 is 0 Å². The van der Waals surface area contributed by atoms with Crippen molar-refractivity contribution in [1.29, 1.82) is 0 Å². The fourth-order valence-electron chi connectivity index (χ4n) is 1.63. The van der Waals surface area contributed by atoms with Gasteiger partial charge in [-0.15, -0.1) is 0 Å². The summed E-state index contributed by atoms with van der Waals surface area (Å²) in [6.45, 7) is 0. The molecule has 70 valence electrons. The first-order chi connectivity index (χ1) is 5.62. The van der Waals surface area contributed by atoms with E-state index in [2.05, 4.69) is 0 Å². The minimum Gasteiger partial charge on any atom is -0.360 e. The van der Waals surface area contributed by atoms with Crippen molar-refractivity contribution in [2.75, 3.05) is 0 Å². The monoisotopic (exact) mass is 188 g/mol. The average molecular weight is 188 g/mol. The van der Waals surface area contributed by atoms with Crippen LogP contribution >= 0.6 is 11.8 Å². The van der Waals surface area contributed by atoms with Gasteiger partial charge in [-0.25, -0.2) is 0 Å². The molecule has 0 spiro atoms. The van der Waals surface area contributed by atoms with Gasteiger partial charge in [0.2, 0.25) is 0 Å². The maximum atomic E-state index is 10.7. The Morgan fingerprint density at radius 1 is 1.17 bits per heavy atom. The zero-order valence-electron chi connectivity index (χ0n) is 7.21. The average Bonchev–Trinajstić information content (AvgIpc) is 2.12. The Kier molecular flexibility index (Phi) is 3.40. The number of primary amides is 1. The highest BCUT2D eigenvalue weighted by molar-refractivity contribution is 8.14. The highest BCUT2D eigenvalue weighted by Crippen LogP contribution is 2.33. The first-order valence-electron chi connectivity index (χ1n) is 4.40. The molecule has 0 saturated heterocycles. The number of amides is 1. The molecule has 4 heteroatoms. The van der Waals surface area contributed by atoms with Gasteiger partial charge in [-0.05, 0) is 24.6 Å². The molecule has 3 nitrogen and oxygen atoms in total. The van der Waals surface area contributed by atoms with Gasteiger partial charge in [-0.1, -0.05) is 25.7 Å². The van der Waals surface area contributed by atoms with E-state index in [0.717, 1.165) is 37.4 Å². The molecule has 1 saturated carbocycles. The predicted octanol–water partition coefficient (Wildman–Crippen LogP) is 1.81. The fourth-order valence-corrected chi connectivity index (χ4v) is 2.52. The lowest BCUT2D eigenvalue weighted by Crippen LogP contribution is -2.37. The van der Waals surface area contributed by atoms with Crippen LogP contribution in [0.3, 0.4) is 0 Å². The van der Waals surface area contributed by atoms with Crippen molar-refractivity contribution >= 4 is 17.0 Å². The lowest BCUT2D eigenvalue weighted by atomic mass is 10.1. The summed E-state index contributed by atoms with van der Waals surface area (Å²) in [5.41, 5.74) is 11.1. The van der Waals surface area contributed by atoms with Crippen molar-refractivity contribution in [3.8, 4) is 0 Å². The van der Waals surface area contributed by atoms with Gasteiger partial charge < -0.3 is 11.5 Å². The molecule has 1 rings (SSSR count). The molecule has 4 N–H and O–H groups in total. The number of carbonyl (C=O) groups is 1. The number of carbonyl (C=O) groups excluding carboxylic acids is 1. The molecule has 0 atom stereocenters. The molecule has 1 fully saturated rings. The molecule has 0 heterocycles. The van der Waals surface area contributed by atoms with Gasteiger partial charge in [-0.3, -0.25) is 4.79 Å². The van der Waals surface area contributed by atoms with Crippen LogP contribution in [0.25, 0.3) is 0 Å². The number of hydrogen-bond donors (Lipinski definition) is 2. The van der Waals surface area contributed by atoms with E-state index in [1.54, 1.807) is 0 Å². The van der Waals surface area contributed by atoms with E-state index < -0.39 is 0 Å². The van der Waals surface area contributed by atoms with Crippen LogP contribution in [0.1, 0.15) is 38.5 Å². The molecule has 1 amide bonds. The van der Waals surface area contributed by atoms with Crippen molar-refractivity contribution in [2.45, 2.75) is 43.4 Å². The molecule has 0 bridgehead atoms. The highest BCUT2D eigenvalue weighted by atomic mass is 32.2. The van der Waals surface area contributed by atoms with Crippen molar-refractivity contribution in [1.82, 2.24) is 0 Å². The van der Waals surface area contributed by atoms with Crippen LogP contribution in [0.4, 0.5) is 4.79 Å². The van der Waals surface area contributed by atoms with Crippen LogP contribution in [0.15, 0.2) is 0 Å².